The number of hydrogen-bond donors (Lipinski definition) is 2. The maximum absolute atomic E-state index is 5.84. The van der Waals surface area contributed by atoms with Gasteiger partial charge < -0.3 is 15.8 Å². The van der Waals surface area contributed by atoms with Crippen molar-refractivity contribution in [3.05, 3.63) is 16.2 Å². The number of nitrogens with two attached hydrogens (primary N) is 1. The van der Waals surface area contributed by atoms with Gasteiger partial charge in [-0.25, -0.2) is 4.98 Å². The van der Waals surface area contributed by atoms with E-state index in [0.717, 1.165) is 28.9 Å². The molecule has 19 heavy (non-hydrogen) atoms. The topological polar surface area (TPSA) is 60.2 Å². The van der Waals surface area contributed by atoms with Gasteiger partial charge in [-0.05, 0) is 41.8 Å². The second kappa shape index (κ2) is 5.29. The van der Waals surface area contributed by atoms with Gasteiger partial charge in [-0.3, -0.25) is 0 Å². The van der Waals surface area contributed by atoms with Crippen LogP contribution in [0, 0.1) is 12.3 Å². The van der Waals surface area contributed by atoms with Gasteiger partial charge in [0.2, 0.25) is 0 Å². The molecule has 3 N–H and O–H groups in total. The van der Waals surface area contributed by atoms with Crippen molar-refractivity contribution >= 4 is 27.4 Å². The van der Waals surface area contributed by atoms with Crippen molar-refractivity contribution in [3.63, 3.8) is 0 Å². The van der Waals surface area contributed by atoms with E-state index in [4.69, 9.17) is 10.5 Å². The number of halogens is 1. The molecule has 1 aliphatic carbocycles. The Labute approximate surface area is 123 Å². The first kappa shape index (κ1) is 14.6. The van der Waals surface area contributed by atoms with E-state index in [1.165, 1.54) is 0 Å². The average Bonchev–Trinajstić information content (AvgIpc) is 2.37. The van der Waals surface area contributed by atoms with Crippen molar-refractivity contribution < 1.29 is 4.74 Å². The summed E-state index contributed by atoms with van der Waals surface area (Å²) in [5, 5.41) is 3.50. The molecule has 1 aromatic heterocycles. The van der Waals surface area contributed by atoms with Crippen LogP contribution in [-0.2, 0) is 4.74 Å². The predicted molar refractivity (Wildman–Crippen MR) is 82.3 cm³/mol. The van der Waals surface area contributed by atoms with E-state index in [1.54, 1.807) is 6.20 Å². The molecule has 1 aromatic rings. The van der Waals surface area contributed by atoms with Crippen molar-refractivity contribution in [2.45, 2.75) is 46.3 Å². The smallest absolute Gasteiger partial charge is 0.140 e. The summed E-state index contributed by atoms with van der Waals surface area (Å²) < 4.78 is 6.69. The molecule has 0 radical (unpaired) electrons. The SMILES string of the molecule is CCOC1CC(Nc2ncc(N)c(C)c2Br)C1(C)C. The molecule has 106 valence electrons. The standard InChI is InChI=1S/C14H22BrN3O/c1-5-19-11-6-10(14(11,3)4)18-13-12(15)8(2)9(16)7-17-13/h7,10-11H,5-6,16H2,1-4H3,(H,17,18). The summed E-state index contributed by atoms with van der Waals surface area (Å²) in [6, 6.07) is 0.371. The third kappa shape index (κ3) is 2.58. The molecule has 1 heterocycles. The van der Waals surface area contributed by atoms with Gasteiger partial charge in [0.05, 0.1) is 22.5 Å². The average molecular weight is 328 g/mol. The summed E-state index contributed by atoms with van der Waals surface area (Å²) in [5.41, 5.74) is 7.69. The van der Waals surface area contributed by atoms with Crippen molar-refractivity contribution in [1.82, 2.24) is 4.98 Å². The molecule has 2 atom stereocenters. The van der Waals surface area contributed by atoms with Gasteiger partial charge >= 0.3 is 0 Å². The highest BCUT2D eigenvalue weighted by atomic mass is 79.9. The zero-order chi connectivity index (χ0) is 14.2. The summed E-state index contributed by atoms with van der Waals surface area (Å²) in [7, 11) is 0. The van der Waals surface area contributed by atoms with Gasteiger partial charge in [0.15, 0.2) is 0 Å². The van der Waals surface area contributed by atoms with E-state index >= 15 is 0 Å². The fraction of sp³-hybridized carbons (Fsp3) is 0.643. The Kier molecular flexibility index (Phi) is 4.06. The number of nitrogen functional groups attached to an aromatic ring is 1. The fourth-order valence-corrected chi connectivity index (χ4v) is 2.92. The highest BCUT2D eigenvalue weighted by Gasteiger charge is 2.49. The van der Waals surface area contributed by atoms with Gasteiger partial charge in [-0.15, -0.1) is 0 Å². The van der Waals surface area contributed by atoms with Gasteiger partial charge in [0, 0.05) is 18.1 Å². The predicted octanol–water partition coefficient (Wildman–Crippen LogP) is 3.35. The Morgan fingerprint density at radius 1 is 1.58 bits per heavy atom. The lowest BCUT2D eigenvalue weighted by Crippen LogP contribution is -2.58. The molecule has 0 aliphatic heterocycles. The zero-order valence-corrected chi connectivity index (χ0v) is 13.5. The van der Waals surface area contributed by atoms with E-state index < -0.39 is 0 Å². The first-order valence-corrected chi connectivity index (χ1v) is 7.46. The van der Waals surface area contributed by atoms with Crippen LogP contribution in [-0.4, -0.2) is 23.7 Å². The minimum atomic E-state index is 0.117. The van der Waals surface area contributed by atoms with Crippen LogP contribution < -0.4 is 11.1 Å². The lowest BCUT2D eigenvalue weighted by molar-refractivity contribution is -0.0976. The Morgan fingerprint density at radius 3 is 2.84 bits per heavy atom. The third-order valence-corrected chi connectivity index (χ3v) is 5.13. The van der Waals surface area contributed by atoms with Crippen molar-refractivity contribution in [2.75, 3.05) is 17.7 Å². The Hall–Kier alpha value is -0.810. The summed E-state index contributed by atoms with van der Waals surface area (Å²) in [5.74, 6) is 0.861. The van der Waals surface area contributed by atoms with Gasteiger partial charge in [-0.1, -0.05) is 13.8 Å². The normalized spacial score (nSPS) is 24.9. The number of nitrogens with one attached hydrogen (secondary N) is 1. The molecule has 0 bridgehead atoms. The molecule has 1 aliphatic rings. The number of aromatic nitrogens is 1. The molecular formula is C14H22BrN3O. The molecule has 2 rings (SSSR count). The molecule has 0 amide bonds. The van der Waals surface area contributed by atoms with Crippen LogP contribution in [0.4, 0.5) is 11.5 Å². The first-order chi connectivity index (χ1) is 8.87. The molecule has 1 fully saturated rings. The molecule has 0 aromatic carbocycles. The monoisotopic (exact) mass is 327 g/mol. The highest BCUT2D eigenvalue weighted by molar-refractivity contribution is 9.10. The lowest BCUT2D eigenvalue weighted by atomic mass is 9.64. The second-order valence-electron chi connectivity index (χ2n) is 5.70. The van der Waals surface area contributed by atoms with Crippen LogP contribution in [0.3, 0.4) is 0 Å². The minimum absolute atomic E-state index is 0.117. The summed E-state index contributed by atoms with van der Waals surface area (Å²) in [4.78, 5) is 4.37. The quantitative estimate of drug-likeness (QED) is 0.890. The van der Waals surface area contributed by atoms with Gasteiger partial charge in [0.1, 0.15) is 5.82 Å². The van der Waals surface area contributed by atoms with E-state index in [2.05, 4.69) is 40.1 Å². The van der Waals surface area contributed by atoms with Gasteiger partial charge in [-0.2, -0.15) is 0 Å². The molecule has 2 unspecified atom stereocenters. The summed E-state index contributed by atoms with van der Waals surface area (Å²) in [6.07, 6.45) is 3.04. The maximum atomic E-state index is 5.84. The van der Waals surface area contributed by atoms with Crippen molar-refractivity contribution in [2.24, 2.45) is 5.41 Å². The van der Waals surface area contributed by atoms with E-state index in [0.29, 0.717) is 17.8 Å². The highest BCUT2D eigenvalue weighted by Crippen LogP contribution is 2.45. The minimum Gasteiger partial charge on any atom is -0.397 e. The van der Waals surface area contributed by atoms with Gasteiger partial charge in [0.25, 0.3) is 0 Å². The summed E-state index contributed by atoms with van der Waals surface area (Å²) >= 11 is 3.56. The number of ether oxygens (including phenoxy) is 1. The van der Waals surface area contributed by atoms with Crippen molar-refractivity contribution in [3.8, 4) is 0 Å². The summed E-state index contributed by atoms with van der Waals surface area (Å²) in [6.45, 7) is 9.25. The Balaban J connectivity index is 2.10. The molecular weight excluding hydrogens is 306 g/mol. The molecule has 5 heteroatoms. The number of pyridine rings is 1. The van der Waals surface area contributed by atoms with E-state index in [1.807, 2.05) is 13.8 Å². The van der Waals surface area contributed by atoms with E-state index in [9.17, 15) is 0 Å². The number of nitrogens with zero attached hydrogens (tertiary/aromatic N) is 1. The van der Waals surface area contributed by atoms with Crippen LogP contribution in [0.5, 0.6) is 0 Å². The molecule has 0 saturated heterocycles. The number of anilines is 2. The van der Waals surface area contributed by atoms with Crippen LogP contribution in [0.2, 0.25) is 0 Å². The largest absolute Gasteiger partial charge is 0.397 e. The van der Waals surface area contributed by atoms with Crippen molar-refractivity contribution in [1.29, 1.82) is 0 Å². The fourth-order valence-electron chi connectivity index (χ4n) is 2.47. The zero-order valence-electron chi connectivity index (χ0n) is 12.0. The molecule has 4 nitrogen and oxygen atoms in total. The first-order valence-electron chi connectivity index (χ1n) is 6.66. The van der Waals surface area contributed by atoms with Crippen LogP contribution >= 0.6 is 15.9 Å². The Morgan fingerprint density at radius 2 is 2.26 bits per heavy atom. The second-order valence-corrected chi connectivity index (χ2v) is 6.49. The lowest BCUT2D eigenvalue weighted by Gasteiger charge is -2.51. The number of hydrogen-bond acceptors (Lipinski definition) is 4. The Bertz CT molecular complexity index is 476. The van der Waals surface area contributed by atoms with E-state index in [-0.39, 0.29) is 5.41 Å². The maximum Gasteiger partial charge on any atom is 0.140 e. The van der Waals surface area contributed by atoms with Crippen LogP contribution in [0.25, 0.3) is 0 Å². The third-order valence-electron chi connectivity index (χ3n) is 4.16. The van der Waals surface area contributed by atoms with Crippen LogP contribution in [0.15, 0.2) is 10.7 Å². The molecule has 1 saturated carbocycles. The molecule has 0 spiro atoms. The van der Waals surface area contributed by atoms with Crippen LogP contribution in [0.1, 0.15) is 32.8 Å². The number of rotatable bonds is 4.